The van der Waals surface area contributed by atoms with Gasteiger partial charge in [-0.1, -0.05) is 24.3 Å². The third kappa shape index (κ3) is 2.64. The summed E-state index contributed by atoms with van der Waals surface area (Å²) in [5.74, 6) is -0.314. The second kappa shape index (κ2) is 6.55. The summed E-state index contributed by atoms with van der Waals surface area (Å²) in [7, 11) is 0. The number of benzene rings is 2. The summed E-state index contributed by atoms with van der Waals surface area (Å²) in [6.45, 7) is 3.95. The van der Waals surface area contributed by atoms with Crippen LogP contribution in [0.1, 0.15) is 40.7 Å². The Labute approximate surface area is 170 Å². The van der Waals surface area contributed by atoms with Crippen molar-refractivity contribution in [1.82, 2.24) is 0 Å². The molecule has 0 unspecified atom stereocenters. The van der Waals surface area contributed by atoms with Crippen LogP contribution in [0.25, 0.3) is 0 Å². The summed E-state index contributed by atoms with van der Waals surface area (Å²) >= 11 is 0. The summed E-state index contributed by atoms with van der Waals surface area (Å²) in [6, 6.07) is 12.7. The van der Waals surface area contributed by atoms with Gasteiger partial charge in [-0.15, -0.1) is 0 Å². The van der Waals surface area contributed by atoms with Gasteiger partial charge in [0.2, 0.25) is 11.8 Å². The van der Waals surface area contributed by atoms with Crippen LogP contribution in [0.15, 0.2) is 42.5 Å². The molecule has 0 spiro atoms. The van der Waals surface area contributed by atoms with Crippen LogP contribution in [0.3, 0.4) is 0 Å². The first kappa shape index (κ1) is 18.1. The largest absolute Gasteiger partial charge is 0.322 e. The SMILES string of the molecule is Cc1cccc(NC(=O)c2ccccc2N2C(=O)[C@@H]3[C@H]4CC[C@@H](C4)[C@H]3C2=O)c1C. The fourth-order valence-corrected chi connectivity index (χ4v) is 5.58. The van der Waals surface area contributed by atoms with E-state index in [1.54, 1.807) is 24.3 Å². The number of fused-ring (bicyclic) bond motifs is 5. The zero-order valence-corrected chi connectivity index (χ0v) is 16.6. The van der Waals surface area contributed by atoms with Crippen LogP contribution >= 0.6 is 0 Å². The van der Waals surface area contributed by atoms with E-state index < -0.39 is 0 Å². The van der Waals surface area contributed by atoms with Crippen LogP contribution in [0.4, 0.5) is 11.4 Å². The summed E-state index contributed by atoms with van der Waals surface area (Å²) in [5.41, 5.74) is 3.57. The van der Waals surface area contributed by atoms with Gasteiger partial charge in [-0.05, 0) is 74.3 Å². The molecule has 3 aliphatic rings. The molecule has 148 valence electrons. The van der Waals surface area contributed by atoms with Gasteiger partial charge in [0, 0.05) is 5.69 Å². The Hall–Kier alpha value is -2.95. The number of hydrogen-bond donors (Lipinski definition) is 1. The molecule has 29 heavy (non-hydrogen) atoms. The average Bonchev–Trinajstić information content (AvgIpc) is 3.39. The number of hydrogen-bond acceptors (Lipinski definition) is 3. The molecule has 5 heteroatoms. The molecule has 5 nitrogen and oxygen atoms in total. The molecule has 3 amide bonds. The lowest BCUT2D eigenvalue weighted by Gasteiger charge is -2.20. The monoisotopic (exact) mass is 388 g/mol. The minimum atomic E-state index is -0.310. The van der Waals surface area contributed by atoms with Gasteiger partial charge < -0.3 is 5.32 Å². The van der Waals surface area contributed by atoms with Crippen molar-refractivity contribution >= 4 is 29.1 Å². The van der Waals surface area contributed by atoms with Crippen LogP contribution in [0, 0.1) is 37.5 Å². The molecule has 4 atom stereocenters. The van der Waals surface area contributed by atoms with Crippen molar-refractivity contribution in [1.29, 1.82) is 0 Å². The molecule has 0 aromatic heterocycles. The number of carbonyl (C=O) groups excluding carboxylic acids is 3. The lowest BCUT2D eigenvalue weighted by Crippen LogP contribution is -2.34. The van der Waals surface area contributed by atoms with Crippen molar-refractivity contribution in [2.45, 2.75) is 33.1 Å². The van der Waals surface area contributed by atoms with Gasteiger partial charge >= 0.3 is 0 Å². The van der Waals surface area contributed by atoms with E-state index in [0.717, 1.165) is 36.1 Å². The summed E-state index contributed by atoms with van der Waals surface area (Å²) < 4.78 is 0. The fraction of sp³-hybridized carbons (Fsp3) is 0.375. The quantitative estimate of drug-likeness (QED) is 0.806. The molecule has 2 saturated carbocycles. The number of amides is 3. The van der Waals surface area contributed by atoms with Crippen LogP contribution < -0.4 is 10.2 Å². The number of carbonyl (C=O) groups is 3. The van der Waals surface area contributed by atoms with E-state index in [4.69, 9.17) is 0 Å². The van der Waals surface area contributed by atoms with Crippen molar-refractivity contribution in [3.8, 4) is 0 Å². The van der Waals surface area contributed by atoms with E-state index >= 15 is 0 Å². The molecule has 1 N–H and O–H groups in total. The van der Waals surface area contributed by atoms with Crippen molar-refractivity contribution in [2.24, 2.45) is 23.7 Å². The van der Waals surface area contributed by atoms with Crippen LogP contribution in [-0.4, -0.2) is 17.7 Å². The Kier molecular flexibility index (Phi) is 4.09. The Balaban J connectivity index is 1.49. The zero-order valence-electron chi connectivity index (χ0n) is 16.6. The predicted molar refractivity (Wildman–Crippen MR) is 111 cm³/mol. The van der Waals surface area contributed by atoms with Crippen molar-refractivity contribution in [3.63, 3.8) is 0 Å². The second-order valence-electron chi connectivity index (χ2n) is 8.62. The number of nitrogens with zero attached hydrogens (tertiary/aromatic N) is 1. The number of para-hydroxylation sites is 1. The maximum Gasteiger partial charge on any atom is 0.257 e. The van der Waals surface area contributed by atoms with Crippen molar-refractivity contribution < 1.29 is 14.4 Å². The van der Waals surface area contributed by atoms with E-state index in [2.05, 4.69) is 5.32 Å². The Morgan fingerprint density at radius 2 is 1.59 bits per heavy atom. The molecule has 2 aromatic rings. The number of imide groups is 1. The summed E-state index contributed by atoms with van der Waals surface area (Å²) in [5, 5.41) is 2.95. The Morgan fingerprint density at radius 3 is 2.28 bits per heavy atom. The molecule has 2 bridgehead atoms. The van der Waals surface area contributed by atoms with Crippen molar-refractivity contribution in [2.75, 3.05) is 10.2 Å². The maximum absolute atomic E-state index is 13.2. The second-order valence-corrected chi connectivity index (χ2v) is 8.62. The molecule has 2 aromatic carbocycles. The van der Waals surface area contributed by atoms with E-state index in [1.165, 1.54) is 4.90 Å². The topological polar surface area (TPSA) is 66.5 Å². The highest BCUT2D eigenvalue weighted by molar-refractivity contribution is 6.25. The van der Waals surface area contributed by atoms with Gasteiger partial charge in [0.05, 0.1) is 23.1 Å². The minimum Gasteiger partial charge on any atom is -0.322 e. The molecule has 1 heterocycles. The van der Waals surface area contributed by atoms with Crippen LogP contribution in [0.5, 0.6) is 0 Å². The standard InChI is InChI=1S/C24H24N2O3/c1-13-6-5-8-18(14(13)2)25-22(27)17-7-3-4-9-19(17)26-23(28)20-15-10-11-16(12-15)21(20)24(26)29/h3-9,15-16,20-21H,10-12H2,1-2H3,(H,25,27)/t15-,16-,20+,21+/m0/s1. The highest BCUT2D eigenvalue weighted by Gasteiger charge is 2.61. The first-order valence-corrected chi connectivity index (χ1v) is 10.3. The average molecular weight is 388 g/mol. The van der Waals surface area contributed by atoms with Crippen molar-refractivity contribution in [3.05, 3.63) is 59.2 Å². The number of anilines is 2. The molecular formula is C24H24N2O3. The van der Waals surface area contributed by atoms with Gasteiger partial charge in [0.15, 0.2) is 0 Å². The van der Waals surface area contributed by atoms with Gasteiger partial charge in [-0.2, -0.15) is 0 Å². The summed E-state index contributed by atoms with van der Waals surface area (Å²) in [6.07, 6.45) is 3.07. The smallest absolute Gasteiger partial charge is 0.257 e. The molecule has 1 aliphatic heterocycles. The summed E-state index contributed by atoms with van der Waals surface area (Å²) in [4.78, 5) is 40.8. The highest BCUT2D eigenvalue weighted by Crippen LogP contribution is 2.56. The Bertz CT molecular complexity index is 1020. The number of aryl methyl sites for hydroxylation is 1. The molecule has 0 radical (unpaired) electrons. The number of nitrogens with one attached hydrogen (secondary N) is 1. The third-order valence-corrected chi connectivity index (χ3v) is 7.17. The van der Waals surface area contributed by atoms with Crippen LogP contribution in [0.2, 0.25) is 0 Å². The highest BCUT2D eigenvalue weighted by atomic mass is 16.2. The molecule has 1 saturated heterocycles. The predicted octanol–water partition coefficient (Wildman–Crippen LogP) is 4.09. The van der Waals surface area contributed by atoms with Crippen LogP contribution in [-0.2, 0) is 9.59 Å². The van der Waals surface area contributed by atoms with E-state index in [0.29, 0.717) is 23.1 Å². The van der Waals surface area contributed by atoms with E-state index in [1.807, 2.05) is 32.0 Å². The van der Waals surface area contributed by atoms with Gasteiger partial charge in [-0.25, -0.2) is 4.90 Å². The lowest BCUT2D eigenvalue weighted by atomic mass is 9.81. The first-order valence-electron chi connectivity index (χ1n) is 10.3. The Morgan fingerprint density at radius 1 is 0.931 bits per heavy atom. The fourth-order valence-electron chi connectivity index (χ4n) is 5.58. The zero-order chi connectivity index (χ0) is 20.3. The molecular weight excluding hydrogens is 364 g/mol. The molecule has 3 fully saturated rings. The van der Waals surface area contributed by atoms with Gasteiger partial charge in [-0.3, -0.25) is 14.4 Å². The minimum absolute atomic E-state index is 0.126. The lowest BCUT2D eigenvalue weighted by molar-refractivity contribution is -0.123. The first-order chi connectivity index (χ1) is 14.0. The van der Waals surface area contributed by atoms with E-state index in [-0.39, 0.29) is 29.6 Å². The maximum atomic E-state index is 13.2. The van der Waals surface area contributed by atoms with Gasteiger partial charge in [0.25, 0.3) is 5.91 Å². The third-order valence-electron chi connectivity index (χ3n) is 7.17. The van der Waals surface area contributed by atoms with E-state index in [9.17, 15) is 14.4 Å². The van der Waals surface area contributed by atoms with Gasteiger partial charge in [0.1, 0.15) is 0 Å². The molecule has 5 rings (SSSR count). The molecule has 2 aliphatic carbocycles. The normalized spacial score (nSPS) is 27.4. The number of rotatable bonds is 3.